The lowest BCUT2D eigenvalue weighted by Gasteiger charge is -2.12. The molecule has 0 spiro atoms. The SMILES string of the molecule is NCCOCCOCCNc1nc(NCc2ccc(Br)cc2)nc(NCc2ccccn2)n1. The van der Waals surface area contributed by atoms with E-state index in [1.54, 1.807) is 6.20 Å². The summed E-state index contributed by atoms with van der Waals surface area (Å²) in [5.74, 6) is 1.37. The van der Waals surface area contributed by atoms with E-state index in [-0.39, 0.29) is 0 Å². The maximum atomic E-state index is 5.54. The number of pyridine rings is 1. The molecule has 11 heteroatoms. The van der Waals surface area contributed by atoms with E-state index in [0.29, 0.717) is 70.5 Å². The molecule has 0 aliphatic heterocycles. The van der Waals surface area contributed by atoms with E-state index in [1.807, 2.05) is 42.5 Å². The molecule has 3 aromatic rings. The van der Waals surface area contributed by atoms with E-state index in [2.05, 4.69) is 51.8 Å². The minimum absolute atomic E-state index is 0.451. The Morgan fingerprint density at radius 1 is 0.758 bits per heavy atom. The van der Waals surface area contributed by atoms with Gasteiger partial charge in [0.05, 0.1) is 38.7 Å². The summed E-state index contributed by atoms with van der Waals surface area (Å²) in [6.07, 6.45) is 1.75. The van der Waals surface area contributed by atoms with E-state index >= 15 is 0 Å². The minimum atomic E-state index is 0.451. The number of hydrogen-bond acceptors (Lipinski definition) is 10. The van der Waals surface area contributed by atoms with Gasteiger partial charge in [-0.05, 0) is 29.8 Å². The maximum Gasteiger partial charge on any atom is 0.229 e. The van der Waals surface area contributed by atoms with Crippen molar-refractivity contribution in [1.29, 1.82) is 0 Å². The first-order valence-electron chi connectivity index (χ1n) is 10.7. The lowest BCUT2D eigenvalue weighted by Crippen LogP contribution is -2.17. The summed E-state index contributed by atoms with van der Waals surface area (Å²) >= 11 is 3.45. The molecular formula is C22H29BrN8O2. The molecule has 33 heavy (non-hydrogen) atoms. The average Bonchev–Trinajstić information content (AvgIpc) is 2.85. The van der Waals surface area contributed by atoms with Gasteiger partial charge in [0, 0.05) is 30.3 Å². The Bertz CT molecular complexity index is 947. The molecule has 0 saturated heterocycles. The van der Waals surface area contributed by atoms with Crippen molar-refractivity contribution in [3.05, 3.63) is 64.4 Å². The number of nitrogens with one attached hydrogen (secondary N) is 3. The van der Waals surface area contributed by atoms with Crippen LogP contribution in [0, 0.1) is 0 Å². The molecule has 0 radical (unpaired) electrons. The van der Waals surface area contributed by atoms with E-state index in [0.717, 1.165) is 15.7 Å². The predicted octanol–water partition coefficient (Wildman–Crippen LogP) is 2.66. The van der Waals surface area contributed by atoms with E-state index in [1.165, 1.54) is 0 Å². The number of halogens is 1. The molecule has 0 amide bonds. The Labute approximate surface area is 201 Å². The summed E-state index contributed by atoms with van der Waals surface area (Å²) in [5, 5.41) is 9.65. The Kier molecular flexibility index (Phi) is 10.8. The van der Waals surface area contributed by atoms with Crippen LogP contribution in [0.4, 0.5) is 17.8 Å². The first-order valence-corrected chi connectivity index (χ1v) is 11.5. The third-order valence-corrected chi connectivity index (χ3v) is 4.85. The molecule has 0 aliphatic rings. The fourth-order valence-corrected chi connectivity index (χ4v) is 2.97. The average molecular weight is 517 g/mol. The molecule has 2 aromatic heterocycles. The second-order valence-corrected chi connectivity index (χ2v) is 7.82. The van der Waals surface area contributed by atoms with Gasteiger partial charge < -0.3 is 31.2 Å². The number of benzene rings is 1. The number of aromatic nitrogens is 4. The standard InChI is InChI=1S/C22H29BrN8O2/c23-18-6-4-17(5-7-18)15-27-21-29-20(26-10-12-33-14-13-32-11-8-24)30-22(31-21)28-16-19-3-1-2-9-25-19/h1-7,9H,8,10-16,24H2,(H3,26,27,28,29,30,31). The highest BCUT2D eigenvalue weighted by atomic mass is 79.9. The van der Waals surface area contributed by atoms with E-state index < -0.39 is 0 Å². The van der Waals surface area contributed by atoms with Crippen LogP contribution >= 0.6 is 15.9 Å². The number of nitrogens with zero attached hydrogens (tertiary/aromatic N) is 4. The van der Waals surface area contributed by atoms with Crippen LogP contribution in [0.2, 0.25) is 0 Å². The van der Waals surface area contributed by atoms with Crippen LogP contribution in [0.5, 0.6) is 0 Å². The summed E-state index contributed by atoms with van der Waals surface area (Å²) in [5.41, 5.74) is 7.39. The Morgan fingerprint density at radius 2 is 1.42 bits per heavy atom. The molecule has 0 unspecified atom stereocenters. The molecular weight excluding hydrogens is 488 g/mol. The highest BCUT2D eigenvalue weighted by Crippen LogP contribution is 2.14. The third kappa shape index (κ3) is 9.66. The summed E-state index contributed by atoms with van der Waals surface area (Å²) < 4.78 is 11.9. The van der Waals surface area contributed by atoms with Crippen molar-refractivity contribution in [2.75, 3.05) is 55.5 Å². The first-order chi connectivity index (χ1) is 16.2. The Hall–Kier alpha value is -2.86. The molecule has 0 fully saturated rings. The molecule has 1 aromatic carbocycles. The summed E-state index contributed by atoms with van der Waals surface area (Å²) in [7, 11) is 0. The second-order valence-electron chi connectivity index (χ2n) is 6.90. The topological polar surface area (TPSA) is 132 Å². The van der Waals surface area contributed by atoms with Crippen molar-refractivity contribution >= 4 is 33.8 Å². The van der Waals surface area contributed by atoms with E-state index in [4.69, 9.17) is 15.2 Å². The summed E-state index contributed by atoms with van der Waals surface area (Å²) in [6.45, 7) is 4.21. The largest absolute Gasteiger partial charge is 0.378 e. The smallest absolute Gasteiger partial charge is 0.229 e. The van der Waals surface area contributed by atoms with Gasteiger partial charge in [0.15, 0.2) is 0 Å². The number of rotatable bonds is 15. The highest BCUT2D eigenvalue weighted by Gasteiger charge is 2.07. The molecule has 0 saturated carbocycles. The molecule has 2 heterocycles. The lowest BCUT2D eigenvalue weighted by molar-refractivity contribution is 0.0547. The summed E-state index contributed by atoms with van der Waals surface area (Å²) in [4.78, 5) is 17.7. The van der Waals surface area contributed by atoms with Crippen molar-refractivity contribution in [3.8, 4) is 0 Å². The number of ether oxygens (including phenoxy) is 2. The van der Waals surface area contributed by atoms with Crippen molar-refractivity contribution in [1.82, 2.24) is 19.9 Å². The molecule has 176 valence electrons. The van der Waals surface area contributed by atoms with E-state index in [9.17, 15) is 0 Å². The second kappa shape index (κ2) is 14.3. The van der Waals surface area contributed by atoms with Crippen LogP contribution in [0.25, 0.3) is 0 Å². The zero-order valence-electron chi connectivity index (χ0n) is 18.3. The number of hydrogen-bond donors (Lipinski definition) is 4. The quantitative estimate of drug-likeness (QED) is 0.223. The van der Waals surface area contributed by atoms with Crippen LogP contribution in [-0.4, -0.2) is 59.5 Å². The van der Waals surface area contributed by atoms with Crippen molar-refractivity contribution in [2.45, 2.75) is 13.1 Å². The van der Waals surface area contributed by atoms with Gasteiger partial charge in [0.2, 0.25) is 17.8 Å². The van der Waals surface area contributed by atoms with Crippen LogP contribution in [0.1, 0.15) is 11.3 Å². The lowest BCUT2D eigenvalue weighted by atomic mass is 10.2. The fraction of sp³-hybridized carbons (Fsp3) is 0.364. The van der Waals surface area contributed by atoms with Crippen LogP contribution in [-0.2, 0) is 22.6 Å². The maximum absolute atomic E-state index is 5.54. The Balaban J connectivity index is 1.56. The molecule has 3 rings (SSSR count). The van der Waals surface area contributed by atoms with Crippen LogP contribution < -0.4 is 21.7 Å². The fourth-order valence-electron chi connectivity index (χ4n) is 2.71. The van der Waals surface area contributed by atoms with Crippen LogP contribution in [0.3, 0.4) is 0 Å². The number of nitrogens with two attached hydrogens (primary N) is 1. The predicted molar refractivity (Wildman–Crippen MR) is 132 cm³/mol. The molecule has 10 nitrogen and oxygen atoms in total. The zero-order valence-corrected chi connectivity index (χ0v) is 19.9. The monoisotopic (exact) mass is 516 g/mol. The molecule has 5 N–H and O–H groups in total. The van der Waals surface area contributed by atoms with Gasteiger partial charge in [-0.1, -0.05) is 34.1 Å². The highest BCUT2D eigenvalue weighted by molar-refractivity contribution is 9.10. The van der Waals surface area contributed by atoms with Gasteiger partial charge in [-0.25, -0.2) is 0 Å². The molecule has 0 atom stereocenters. The normalized spacial score (nSPS) is 10.7. The van der Waals surface area contributed by atoms with Gasteiger partial charge in [0.25, 0.3) is 0 Å². The molecule has 0 aliphatic carbocycles. The number of anilines is 3. The zero-order chi connectivity index (χ0) is 23.1. The van der Waals surface area contributed by atoms with Crippen LogP contribution in [0.15, 0.2) is 53.1 Å². The van der Waals surface area contributed by atoms with Gasteiger partial charge in [-0.15, -0.1) is 0 Å². The molecule has 0 bridgehead atoms. The third-order valence-electron chi connectivity index (χ3n) is 4.32. The van der Waals surface area contributed by atoms with Crippen molar-refractivity contribution in [3.63, 3.8) is 0 Å². The van der Waals surface area contributed by atoms with Gasteiger partial charge >= 0.3 is 0 Å². The minimum Gasteiger partial charge on any atom is -0.378 e. The summed E-state index contributed by atoms with van der Waals surface area (Å²) in [6, 6.07) is 13.8. The van der Waals surface area contributed by atoms with Gasteiger partial charge in [-0.2, -0.15) is 15.0 Å². The Morgan fingerprint density at radius 3 is 2.09 bits per heavy atom. The van der Waals surface area contributed by atoms with Crippen molar-refractivity contribution in [2.24, 2.45) is 5.73 Å². The van der Waals surface area contributed by atoms with Gasteiger partial charge in [-0.3, -0.25) is 4.98 Å². The van der Waals surface area contributed by atoms with Crippen molar-refractivity contribution < 1.29 is 9.47 Å². The van der Waals surface area contributed by atoms with Gasteiger partial charge in [0.1, 0.15) is 0 Å². The first kappa shape index (κ1) is 24.8.